The van der Waals surface area contributed by atoms with Crippen LogP contribution in [0.5, 0.6) is 0 Å². The van der Waals surface area contributed by atoms with Crippen molar-refractivity contribution in [2.75, 3.05) is 18.6 Å². The highest BCUT2D eigenvalue weighted by atomic mass is 32.2. The number of anilines is 1. The lowest BCUT2D eigenvalue weighted by Gasteiger charge is -2.20. The summed E-state index contributed by atoms with van der Waals surface area (Å²) in [6, 6.07) is 1.81. The van der Waals surface area contributed by atoms with Gasteiger partial charge in [-0.2, -0.15) is 20.1 Å². The van der Waals surface area contributed by atoms with Gasteiger partial charge < -0.3 is 4.74 Å². The number of nitrogen functional groups attached to an aromatic ring is 1. The van der Waals surface area contributed by atoms with E-state index < -0.39 is 0 Å². The molecule has 2 aromatic rings. The number of thioether (sulfide) groups is 1. The molecule has 1 saturated heterocycles. The lowest BCUT2D eigenvalue weighted by Crippen LogP contribution is -2.19. The molecule has 0 radical (unpaired) electrons. The molecule has 0 amide bonds. The quantitative estimate of drug-likeness (QED) is 0.624. The number of hydrogen-bond donors (Lipinski definition) is 2. The second-order valence-corrected chi connectivity index (χ2v) is 5.53. The maximum atomic E-state index is 5.41. The van der Waals surface area contributed by atoms with Gasteiger partial charge in [0, 0.05) is 30.9 Å². The summed E-state index contributed by atoms with van der Waals surface area (Å²) < 4.78 is 6.93. The molecule has 3 N–H and O–H groups in total. The maximum absolute atomic E-state index is 5.41. The Morgan fingerprint density at radius 1 is 1.30 bits per heavy atom. The number of ether oxygens (including phenoxy) is 1. The molecular weight excluding hydrogens is 278 g/mol. The zero-order valence-corrected chi connectivity index (χ0v) is 11.6. The Kier molecular flexibility index (Phi) is 4.09. The molecule has 3 rings (SSSR count). The molecule has 3 heterocycles. The van der Waals surface area contributed by atoms with Crippen LogP contribution in [0.15, 0.2) is 23.6 Å². The second kappa shape index (κ2) is 6.16. The van der Waals surface area contributed by atoms with Crippen LogP contribution in [0.25, 0.3) is 5.95 Å². The first-order chi connectivity index (χ1) is 9.85. The predicted octanol–water partition coefficient (Wildman–Crippen LogP) is 0.614. The monoisotopic (exact) mass is 293 g/mol. The lowest BCUT2D eigenvalue weighted by molar-refractivity contribution is 0.1000. The van der Waals surface area contributed by atoms with Crippen molar-refractivity contribution in [3.05, 3.63) is 18.5 Å². The number of nitrogens with two attached hydrogens (primary N) is 1. The van der Waals surface area contributed by atoms with Crippen molar-refractivity contribution in [2.45, 2.75) is 23.2 Å². The smallest absolute Gasteiger partial charge is 0.256 e. The summed E-state index contributed by atoms with van der Waals surface area (Å²) in [6.07, 6.45) is 5.45. The first kappa shape index (κ1) is 13.3. The van der Waals surface area contributed by atoms with Crippen molar-refractivity contribution in [3.63, 3.8) is 0 Å². The van der Waals surface area contributed by atoms with Crippen LogP contribution < -0.4 is 11.3 Å². The van der Waals surface area contributed by atoms with Gasteiger partial charge in [-0.05, 0) is 18.9 Å². The highest BCUT2D eigenvalue weighted by Crippen LogP contribution is 2.27. The molecule has 0 aliphatic carbocycles. The number of hydrogen-bond acceptors (Lipinski definition) is 8. The highest BCUT2D eigenvalue weighted by Gasteiger charge is 2.18. The molecule has 9 heteroatoms. The molecule has 2 aromatic heterocycles. The maximum Gasteiger partial charge on any atom is 0.256 e. The fourth-order valence-electron chi connectivity index (χ4n) is 1.90. The van der Waals surface area contributed by atoms with Crippen LogP contribution in [0.4, 0.5) is 5.95 Å². The Morgan fingerprint density at radius 3 is 2.85 bits per heavy atom. The number of nitrogens with zero attached hydrogens (tertiary/aromatic N) is 5. The molecular formula is C11H15N7OS. The molecule has 8 nitrogen and oxygen atoms in total. The van der Waals surface area contributed by atoms with Gasteiger partial charge in [0.05, 0.1) is 0 Å². The normalized spacial score (nSPS) is 16.2. The van der Waals surface area contributed by atoms with E-state index in [1.54, 1.807) is 28.8 Å². The zero-order chi connectivity index (χ0) is 13.8. The van der Waals surface area contributed by atoms with E-state index in [0.717, 1.165) is 26.1 Å². The minimum Gasteiger partial charge on any atom is -0.381 e. The van der Waals surface area contributed by atoms with Crippen molar-refractivity contribution >= 4 is 17.7 Å². The summed E-state index contributed by atoms with van der Waals surface area (Å²) in [6.45, 7) is 1.58. The van der Waals surface area contributed by atoms with E-state index >= 15 is 0 Å². The zero-order valence-electron chi connectivity index (χ0n) is 10.8. The Hall–Kier alpha value is -1.71. The molecule has 0 aromatic carbocycles. The third kappa shape index (κ3) is 3.06. The average Bonchev–Trinajstić information content (AvgIpc) is 3.02. The fraction of sp³-hybridized carbons (Fsp3) is 0.455. The first-order valence-electron chi connectivity index (χ1n) is 6.32. The van der Waals surface area contributed by atoms with E-state index in [9.17, 15) is 0 Å². The van der Waals surface area contributed by atoms with Crippen LogP contribution in [0.1, 0.15) is 12.8 Å². The Morgan fingerprint density at radius 2 is 2.15 bits per heavy atom. The third-order valence-electron chi connectivity index (χ3n) is 2.88. The number of aromatic nitrogens is 5. The molecule has 1 aliphatic rings. The van der Waals surface area contributed by atoms with E-state index in [1.807, 2.05) is 6.07 Å². The van der Waals surface area contributed by atoms with Crippen molar-refractivity contribution in [1.29, 1.82) is 0 Å². The van der Waals surface area contributed by atoms with Crippen molar-refractivity contribution in [1.82, 2.24) is 24.7 Å². The predicted molar refractivity (Wildman–Crippen MR) is 74.5 cm³/mol. The van der Waals surface area contributed by atoms with Gasteiger partial charge in [-0.3, -0.25) is 5.43 Å². The van der Waals surface area contributed by atoms with Crippen LogP contribution in [0.3, 0.4) is 0 Å². The Labute approximate surface area is 120 Å². The van der Waals surface area contributed by atoms with E-state index in [4.69, 9.17) is 10.6 Å². The Balaban J connectivity index is 1.84. The molecule has 1 aliphatic heterocycles. The van der Waals surface area contributed by atoms with Crippen molar-refractivity contribution in [2.24, 2.45) is 5.84 Å². The molecule has 0 bridgehead atoms. The van der Waals surface area contributed by atoms with Crippen molar-refractivity contribution < 1.29 is 4.74 Å². The second-order valence-electron chi connectivity index (χ2n) is 4.27. The van der Waals surface area contributed by atoms with Gasteiger partial charge in [-0.25, -0.2) is 10.5 Å². The van der Waals surface area contributed by atoms with E-state index in [-0.39, 0.29) is 0 Å². The molecule has 20 heavy (non-hydrogen) atoms. The van der Waals surface area contributed by atoms with Gasteiger partial charge in [0.25, 0.3) is 5.95 Å². The largest absolute Gasteiger partial charge is 0.381 e. The molecule has 0 atom stereocenters. The topological polar surface area (TPSA) is 104 Å². The van der Waals surface area contributed by atoms with Crippen molar-refractivity contribution in [3.8, 4) is 5.95 Å². The third-order valence-corrected chi connectivity index (χ3v) is 4.08. The van der Waals surface area contributed by atoms with Gasteiger partial charge in [-0.1, -0.05) is 11.8 Å². The van der Waals surface area contributed by atoms with E-state index in [2.05, 4.69) is 25.5 Å². The molecule has 1 fully saturated rings. The SMILES string of the molecule is NNc1nc(SC2CCOCC2)nc(-n2cccn2)n1. The fourth-order valence-corrected chi connectivity index (χ4v) is 2.90. The molecule has 0 saturated carbocycles. The standard InChI is InChI=1S/C11H15N7OS/c12-17-9-14-10(18-5-1-4-13-18)16-11(15-9)20-8-2-6-19-7-3-8/h1,4-5,8H,2-3,6-7,12H2,(H,14,15,16,17). The van der Waals surface area contributed by atoms with E-state index in [1.165, 1.54) is 0 Å². The number of nitrogens with one attached hydrogen (secondary N) is 1. The summed E-state index contributed by atoms with van der Waals surface area (Å²) in [4.78, 5) is 12.9. The highest BCUT2D eigenvalue weighted by molar-refractivity contribution is 7.99. The summed E-state index contributed by atoms with van der Waals surface area (Å²) in [5.74, 6) is 6.20. The van der Waals surface area contributed by atoms with Crippen LogP contribution in [0, 0.1) is 0 Å². The average molecular weight is 293 g/mol. The summed E-state index contributed by atoms with van der Waals surface area (Å²) >= 11 is 1.63. The van der Waals surface area contributed by atoms with E-state index in [0.29, 0.717) is 22.3 Å². The molecule has 0 unspecified atom stereocenters. The van der Waals surface area contributed by atoms with Gasteiger partial charge >= 0.3 is 0 Å². The van der Waals surface area contributed by atoms with Gasteiger partial charge in [0.15, 0.2) is 5.16 Å². The van der Waals surface area contributed by atoms with Crippen LogP contribution in [-0.4, -0.2) is 43.2 Å². The minimum absolute atomic E-state index is 0.333. The number of hydrazine groups is 1. The molecule has 0 spiro atoms. The first-order valence-corrected chi connectivity index (χ1v) is 7.20. The summed E-state index contributed by atoms with van der Waals surface area (Å²) in [7, 11) is 0. The minimum atomic E-state index is 0.333. The van der Waals surface area contributed by atoms with Gasteiger partial charge in [-0.15, -0.1) is 0 Å². The van der Waals surface area contributed by atoms with Gasteiger partial charge in [0.2, 0.25) is 5.95 Å². The summed E-state index contributed by atoms with van der Waals surface area (Å²) in [5.41, 5.74) is 2.47. The number of rotatable bonds is 4. The van der Waals surface area contributed by atoms with Crippen LogP contribution in [-0.2, 0) is 4.74 Å². The van der Waals surface area contributed by atoms with Crippen LogP contribution >= 0.6 is 11.8 Å². The van der Waals surface area contributed by atoms with Gasteiger partial charge in [0.1, 0.15) is 0 Å². The Bertz CT molecular complexity index is 556. The lowest BCUT2D eigenvalue weighted by atomic mass is 10.2. The van der Waals surface area contributed by atoms with Crippen LogP contribution in [0.2, 0.25) is 0 Å². The molecule has 106 valence electrons. The summed E-state index contributed by atoms with van der Waals surface area (Å²) in [5, 5.41) is 5.22.